The lowest BCUT2D eigenvalue weighted by atomic mass is 10.0. The Balaban J connectivity index is 1.40. The highest BCUT2D eigenvalue weighted by Crippen LogP contribution is 2.52. The van der Waals surface area contributed by atoms with Crippen LogP contribution in [0.25, 0.3) is 11.3 Å². The van der Waals surface area contributed by atoms with E-state index in [1.54, 1.807) is 7.11 Å². The second-order valence-corrected chi connectivity index (χ2v) is 15.5. The molecule has 0 fully saturated rings. The van der Waals surface area contributed by atoms with Crippen molar-refractivity contribution in [1.29, 1.82) is 0 Å². The molecule has 5 aromatic carbocycles. The molecule has 1 aromatic heterocycles. The van der Waals surface area contributed by atoms with Gasteiger partial charge in [0.25, 0.3) is 0 Å². The number of methoxy groups -OCH3 is 1. The van der Waals surface area contributed by atoms with E-state index in [4.69, 9.17) is 15.0 Å². The van der Waals surface area contributed by atoms with Crippen molar-refractivity contribution in [2.75, 3.05) is 7.11 Å². The molecule has 2 atom stereocenters. The van der Waals surface area contributed by atoms with Crippen LogP contribution in [0.2, 0.25) is 0 Å². The molecule has 6 heteroatoms. The Bertz CT molecular complexity index is 1880. The molecular weight excluding hydrogens is 600 g/mol. The van der Waals surface area contributed by atoms with Crippen molar-refractivity contribution in [2.45, 2.75) is 13.0 Å². The van der Waals surface area contributed by atoms with Gasteiger partial charge in [-0.2, -0.15) is 0 Å². The minimum Gasteiger partial charge on any atom is -0.496 e. The first kappa shape index (κ1) is 30.1. The van der Waals surface area contributed by atoms with Crippen LogP contribution < -0.4 is 31.4 Å². The summed E-state index contributed by atoms with van der Waals surface area (Å²) in [6.45, 7) is 2.30. The highest BCUT2D eigenvalue weighted by atomic mass is 31.1. The van der Waals surface area contributed by atoms with Gasteiger partial charge in [0.1, 0.15) is 11.4 Å². The highest BCUT2D eigenvalue weighted by Gasteiger charge is 2.35. The van der Waals surface area contributed by atoms with E-state index in [-0.39, 0.29) is 12.0 Å². The first-order valence-corrected chi connectivity index (χ1v) is 18.2. The number of hydrogen-bond donors (Lipinski definition) is 0. The number of para-hydroxylation sites is 1. The molecule has 1 aliphatic rings. The monoisotopic (exact) mass is 635 g/mol. The summed E-state index contributed by atoms with van der Waals surface area (Å²) in [7, 11) is -0.0398. The largest absolute Gasteiger partial charge is 0.496 e. The fraction of sp³-hybridized carbons (Fsp3) is 0.100. The van der Waals surface area contributed by atoms with E-state index in [0.717, 1.165) is 22.4 Å². The fourth-order valence-corrected chi connectivity index (χ4v) is 11.4. The van der Waals surface area contributed by atoms with E-state index in [1.807, 2.05) is 18.2 Å². The van der Waals surface area contributed by atoms with Gasteiger partial charge in [-0.05, 0) is 53.5 Å². The maximum atomic E-state index is 5.87. The Hall–Kier alpha value is -4.62. The van der Waals surface area contributed by atoms with Crippen molar-refractivity contribution in [2.24, 2.45) is 5.92 Å². The van der Waals surface area contributed by atoms with Crippen molar-refractivity contribution >= 4 is 42.5 Å². The summed E-state index contributed by atoms with van der Waals surface area (Å²) < 4.78 is 8.09. The standard InChI is InChI=1S/C40H35N3OP2/c1-30(35-27-17-29-38(35)45(31-18-7-3-8-19-31)32-20-9-4-10-21-32)43-40(39(41-42-43)36-26-15-16-28-37(36)44-2)46(33-22-11-5-12-23-33)34-24-13-6-14-25-34/h3-30,35H,1-2H3/t30-,35?/m0/s1. The first-order chi connectivity index (χ1) is 22.7. The first-order valence-electron chi connectivity index (χ1n) is 15.5. The van der Waals surface area contributed by atoms with Gasteiger partial charge in [-0.25, -0.2) is 4.68 Å². The maximum Gasteiger partial charge on any atom is 0.128 e. The predicted molar refractivity (Wildman–Crippen MR) is 195 cm³/mol. The van der Waals surface area contributed by atoms with Gasteiger partial charge in [0.2, 0.25) is 0 Å². The van der Waals surface area contributed by atoms with Crippen LogP contribution in [0.3, 0.4) is 0 Å². The van der Waals surface area contributed by atoms with Crippen LogP contribution in [0, 0.1) is 5.92 Å². The van der Waals surface area contributed by atoms with Crippen LogP contribution in [0.5, 0.6) is 5.75 Å². The molecule has 1 aliphatic carbocycles. The van der Waals surface area contributed by atoms with Crippen LogP contribution in [-0.4, -0.2) is 22.1 Å². The molecule has 1 unspecified atom stereocenters. The minimum atomic E-state index is -1.01. The molecule has 0 aliphatic heterocycles. The van der Waals surface area contributed by atoms with E-state index in [2.05, 4.69) is 157 Å². The molecule has 0 N–H and O–H groups in total. The SMILES string of the molecule is COc1ccccc1-c1nnn([C@@H](C)C2C=CC=C2P(c2ccccc2)c2ccccc2)c1P(c1ccccc1)c1ccccc1. The Morgan fingerprint density at radius 2 is 1.11 bits per heavy atom. The summed E-state index contributed by atoms with van der Waals surface area (Å²) in [6, 6.07) is 51.6. The van der Waals surface area contributed by atoms with Gasteiger partial charge in [-0.1, -0.05) is 157 Å². The summed E-state index contributed by atoms with van der Waals surface area (Å²) >= 11 is 0. The molecule has 226 valence electrons. The van der Waals surface area contributed by atoms with Crippen LogP contribution >= 0.6 is 15.8 Å². The Morgan fingerprint density at radius 1 is 0.630 bits per heavy atom. The normalized spacial score (nSPS) is 14.9. The molecule has 4 nitrogen and oxygen atoms in total. The molecule has 0 radical (unpaired) electrons. The lowest BCUT2D eigenvalue weighted by Gasteiger charge is -2.30. The molecule has 0 spiro atoms. The Morgan fingerprint density at radius 3 is 1.63 bits per heavy atom. The minimum absolute atomic E-state index is 0.00538. The zero-order valence-corrected chi connectivity index (χ0v) is 27.7. The van der Waals surface area contributed by atoms with Crippen molar-refractivity contribution in [3.63, 3.8) is 0 Å². The van der Waals surface area contributed by atoms with Gasteiger partial charge in [0, 0.05) is 19.4 Å². The number of nitrogens with zero attached hydrogens (tertiary/aromatic N) is 3. The molecule has 0 bridgehead atoms. The predicted octanol–water partition coefficient (Wildman–Crippen LogP) is 7.48. The third-order valence-corrected chi connectivity index (χ3v) is 13.5. The van der Waals surface area contributed by atoms with E-state index in [0.29, 0.717) is 0 Å². The van der Waals surface area contributed by atoms with Gasteiger partial charge >= 0.3 is 0 Å². The van der Waals surface area contributed by atoms with Crippen molar-refractivity contribution < 1.29 is 4.74 Å². The van der Waals surface area contributed by atoms with Crippen molar-refractivity contribution in [3.05, 3.63) is 169 Å². The summed E-state index contributed by atoms with van der Waals surface area (Å²) in [4.78, 5) is 0. The van der Waals surface area contributed by atoms with Crippen LogP contribution in [-0.2, 0) is 0 Å². The Labute approximate surface area is 273 Å². The zero-order chi connectivity index (χ0) is 31.3. The summed E-state index contributed by atoms with van der Waals surface area (Å²) in [5.74, 6) is 0.929. The van der Waals surface area contributed by atoms with Crippen molar-refractivity contribution in [1.82, 2.24) is 15.0 Å². The van der Waals surface area contributed by atoms with Gasteiger partial charge in [0.05, 0.1) is 18.6 Å². The lowest BCUT2D eigenvalue weighted by Crippen LogP contribution is -2.32. The third-order valence-electron chi connectivity index (χ3n) is 8.39. The number of ether oxygens (including phenoxy) is 1. The molecule has 46 heavy (non-hydrogen) atoms. The third kappa shape index (κ3) is 5.87. The van der Waals surface area contributed by atoms with E-state index in [1.165, 1.54) is 26.5 Å². The summed E-state index contributed by atoms with van der Waals surface area (Å²) in [6.07, 6.45) is 6.91. The van der Waals surface area contributed by atoms with Crippen LogP contribution in [0.1, 0.15) is 13.0 Å². The second-order valence-electron chi connectivity index (χ2n) is 11.2. The molecular formula is C40H35N3OP2. The topological polar surface area (TPSA) is 39.9 Å². The molecule has 6 aromatic rings. The summed E-state index contributed by atoms with van der Waals surface area (Å²) in [5.41, 5.74) is 2.93. The van der Waals surface area contributed by atoms with Crippen LogP contribution in [0.4, 0.5) is 0 Å². The number of benzene rings is 5. The average molecular weight is 636 g/mol. The fourth-order valence-electron chi connectivity index (χ4n) is 6.20. The quantitative estimate of drug-likeness (QED) is 0.147. The lowest BCUT2D eigenvalue weighted by molar-refractivity contribution is 0.416. The summed E-state index contributed by atoms with van der Waals surface area (Å²) in [5, 5.41) is 16.6. The zero-order valence-electron chi connectivity index (χ0n) is 25.9. The van der Waals surface area contributed by atoms with Gasteiger partial charge in [-0.3, -0.25) is 0 Å². The number of hydrogen-bond acceptors (Lipinski definition) is 3. The smallest absolute Gasteiger partial charge is 0.128 e. The van der Waals surface area contributed by atoms with Gasteiger partial charge in [-0.15, -0.1) is 5.10 Å². The van der Waals surface area contributed by atoms with E-state index >= 15 is 0 Å². The highest BCUT2D eigenvalue weighted by molar-refractivity contribution is 7.80. The molecule has 0 saturated heterocycles. The van der Waals surface area contributed by atoms with Gasteiger partial charge < -0.3 is 4.74 Å². The maximum absolute atomic E-state index is 5.87. The van der Waals surface area contributed by atoms with E-state index < -0.39 is 15.8 Å². The molecule has 7 rings (SSSR count). The molecule has 1 heterocycles. The second kappa shape index (κ2) is 13.8. The number of allylic oxidation sites excluding steroid dienone is 4. The number of rotatable bonds is 10. The van der Waals surface area contributed by atoms with Gasteiger partial charge in [0.15, 0.2) is 0 Å². The Kier molecular flexibility index (Phi) is 9.01. The number of aromatic nitrogens is 3. The molecule has 0 saturated carbocycles. The molecule has 0 amide bonds. The van der Waals surface area contributed by atoms with Crippen molar-refractivity contribution in [3.8, 4) is 17.0 Å². The average Bonchev–Trinajstić information content (AvgIpc) is 3.78. The van der Waals surface area contributed by atoms with E-state index in [9.17, 15) is 0 Å². The van der Waals surface area contributed by atoms with Crippen LogP contribution in [0.15, 0.2) is 169 Å².